The number of aromatic nitrogens is 1. The number of para-hydroxylation sites is 1. The van der Waals surface area contributed by atoms with Crippen LogP contribution in [-0.2, 0) is 0 Å². The summed E-state index contributed by atoms with van der Waals surface area (Å²) in [6.45, 7) is 0. The molecule has 0 saturated heterocycles. The number of nitrogens with zero attached hydrogens (tertiary/aromatic N) is 2. The van der Waals surface area contributed by atoms with E-state index in [2.05, 4.69) is 162 Å². The topological polar surface area (TPSA) is 29.3 Å². The number of pyridine rings is 1. The van der Waals surface area contributed by atoms with Gasteiger partial charge in [-0.25, -0.2) is 0 Å². The van der Waals surface area contributed by atoms with Crippen LogP contribution in [0, 0.1) is 0 Å². The standard InChI is InChI=1S/C43H28N2O/c1-2-11-30(12-3-1)36-17-8-9-20-40(36)45(33-23-21-31(22-24-33)35-19-10-15-29-13-4-6-16-34(29)35)42-37-18-7-5-14-32(37)27-38-39-28-44-26-25-41(39)46-43(38)42/h1-28H. The molecular formula is C43H28N2O. The van der Waals surface area contributed by atoms with E-state index in [1.165, 1.54) is 21.9 Å². The Hall–Kier alpha value is -6.19. The molecule has 0 atom stereocenters. The molecule has 9 rings (SSSR count). The van der Waals surface area contributed by atoms with Crippen molar-refractivity contribution < 1.29 is 4.42 Å². The van der Waals surface area contributed by atoms with Crippen LogP contribution in [0.5, 0.6) is 0 Å². The van der Waals surface area contributed by atoms with Crippen LogP contribution >= 0.6 is 0 Å². The Morgan fingerprint density at radius 3 is 2.02 bits per heavy atom. The van der Waals surface area contributed by atoms with Gasteiger partial charge in [0.05, 0.1) is 11.4 Å². The lowest BCUT2D eigenvalue weighted by Crippen LogP contribution is -2.12. The summed E-state index contributed by atoms with van der Waals surface area (Å²) in [5, 5.41) is 6.79. The van der Waals surface area contributed by atoms with Crippen LogP contribution < -0.4 is 4.90 Å². The molecule has 0 bridgehead atoms. The second-order valence-corrected chi connectivity index (χ2v) is 11.6. The molecule has 2 aromatic heterocycles. The Balaban J connectivity index is 1.34. The molecule has 0 radical (unpaired) electrons. The van der Waals surface area contributed by atoms with E-state index >= 15 is 0 Å². The highest BCUT2D eigenvalue weighted by Crippen LogP contribution is 2.48. The number of furan rings is 1. The number of rotatable bonds is 5. The van der Waals surface area contributed by atoms with Gasteiger partial charge in [-0.1, -0.05) is 127 Å². The van der Waals surface area contributed by atoms with Crippen LogP contribution in [0.15, 0.2) is 175 Å². The van der Waals surface area contributed by atoms with Gasteiger partial charge in [0.15, 0.2) is 5.58 Å². The molecule has 0 fully saturated rings. The first kappa shape index (κ1) is 26.2. The Kier molecular flexibility index (Phi) is 6.14. The predicted molar refractivity (Wildman–Crippen MR) is 192 cm³/mol. The third-order valence-corrected chi connectivity index (χ3v) is 8.94. The summed E-state index contributed by atoms with van der Waals surface area (Å²) in [6, 6.07) is 56.0. The fourth-order valence-electron chi connectivity index (χ4n) is 6.80. The minimum atomic E-state index is 0.823. The third kappa shape index (κ3) is 4.25. The molecule has 2 heterocycles. The van der Waals surface area contributed by atoms with Crippen LogP contribution in [0.25, 0.3) is 65.7 Å². The molecule has 0 aliphatic rings. The van der Waals surface area contributed by atoms with Gasteiger partial charge in [-0.3, -0.25) is 4.98 Å². The van der Waals surface area contributed by atoms with Crippen LogP contribution in [0.1, 0.15) is 0 Å². The molecule has 0 amide bonds. The second-order valence-electron chi connectivity index (χ2n) is 11.6. The Morgan fingerprint density at radius 2 is 1.15 bits per heavy atom. The summed E-state index contributed by atoms with van der Waals surface area (Å²) in [6.07, 6.45) is 3.69. The summed E-state index contributed by atoms with van der Waals surface area (Å²) in [7, 11) is 0. The summed E-state index contributed by atoms with van der Waals surface area (Å²) in [5.74, 6) is 0. The van der Waals surface area contributed by atoms with E-state index in [0.29, 0.717) is 0 Å². The van der Waals surface area contributed by atoms with Crippen molar-refractivity contribution in [1.82, 2.24) is 4.98 Å². The average molecular weight is 589 g/mol. The minimum absolute atomic E-state index is 0.823. The molecule has 216 valence electrons. The molecule has 0 aliphatic carbocycles. The lowest BCUT2D eigenvalue weighted by atomic mass is 9.97. The van der Waals surface area contributed by atoms with E-state index in [1.807, 2.05) is 12.3 Å². The van der Waals surface area contributed by atoms with Crippen LogP contribution in [0.4, 0.5) is 17.1 Å². The van der Waals surface area contributed by atoms with Gasteiger partial charge < -0.3 is 9.32 Å². The van der Waals surface area contributed by atoms with Crippen LogP contribution in [-0.4, -0.2) is 4.98 Å². The molecule has 7 aromatic carbocycles. The van der Waals surface area contributed by atoms with Crippen molar-refractivity contribution in [3.63, 3.8) is 0 Å². The van der Waals surface area contributed by atoms with Crippen molar-refractivity contribution in [3.8, 4) is 22.3 Å². The number of anilines is 3. The van der Waals surface area contributed by atoms with Gasteiger partial charge in [0, 0.05) is 39.8 Å². The zero-order chi connectivity index (χ0) is 30.5. The van der Waals surface area contributed by atoms with Crippen LogP contribution in [0.3, 0.4) is 0 Å². The van der Waals surface area contributed by atoms with E-state index in [9.17, 15) is 0 Å². The maximum absolute atomic E-state index is 6.72. The van der Waals surface area contributed by atoms with Gasteiger partial charge in [0.1, 0.15) is 5.58 Å². The van der Waals surface area contributed by atoms with E-state index in [-0.39, 0.29) is 0 Å². The number of hydrogen-bond acceptors (Lipinski definition) is 3. The molecular weight excluding hydrogens is 560 g/mol. The molecule has 46 heavy (non-hydrogen) atoms. The zero-order valence-corrected chi connectivity index (χ0v) is 25.0. The van der Waals surface area contributed by atoms with Crippen LogP contribution in [0.2, 0.25) is 0 Å². The fraction of sp³-hybridized carbons (Fsp3) is 0. The number of fused-ring (bicyclic) bond motifs is 5. The average Bonchev–Trinajstić information content (AvgIpc) is 3.50. The van der Waals surface area contributed by atoms with Crippen molar-refractivity contribution in [2.75, 3.05) is 4.90 Å². The van der Waals surface area contributed by atoms with Crippen molar-refractivity contribution >= 4 is 60.5 Å². The monoisotopic (exact) mass is 588 g/mol. The molecule has 3 nitrogen and oxygen atoms in total. The molecule has 0 saturated carbocycles. The van der Waals surface area contributed by atoms with E-state index < -0.39 is 0 Å². The maximum atomic E-state index is 6.72. The van der Waals surface area contributed by atoms with Gasteiger partial charge in [-0.15, -0.1) is 0 Å². The summed E-state index contributed by atoms with van der Waals surface area (Å²) < 4.78 is 6.72. The smallest absolute Gasteiger partial charge is 0.160 e. The minimum Gasteiger partial charge on any atom is -0.454 e. The van der Waals surface area contributed by atoms with Gasteiger partial charge >= 0.3 is 0 Å². The molecule has 9 aromatic rings. The first-order valence-electron chi connectivity index (χ1n) is 15.5. The van der Waals surface area contributed by atoms with Crippen molar-refractivity contribution in [3.05, 3.63) is 170 Å². The lowest BCUT2D eigenvalue weighted by molar-refractivity contribution is 0.669. The quantitative estimate of drug-likeness (QED) is 0.200. The Labute approximate surface area is 266 Å². The summed E-state index contributed by atoms with van der Waals surface area (Å²) in [4.78, 5) is 6.82. The summed E-state index contributed by atoms with van der Waals surface area (Å²) in [5.41, 5.74) is 9.47. The molecule has 0 aliphatic heterocycles. The number of benzene rings is 7. The Morgan fingerprint density at radius 1 is 0.478 bits per heavy atom. The largest absolute Gasteiger partial charge is 0.454 e. The summed E-state index contributed by atoms with van der Waals surface area (Å²) >= 11 is 0. The third-order valence-electron chi connectivity index (χ3n) is 8.94. The lowest BCUT2D eigenvalue weighted by Gasteiger charge is -2.29. The highest BCUT2D eigenvalue weighted by Gasteiger charge is 2.24. The SMILES string of the molecule is c1ccc(-c2ccccc2N(c2ccc(-c3cccc4ccccc34)cc2)c2c3ccccc3cc3c2oc2ccncc23)cc1. The second kappa shape index (κ2) is 10.8. The first-order valence-corrected chi connectivity index (χ1v) is 15.5. The predicted octanol–water partition coefficient (Wildman–Crippen LogP) is 12.1. The Bertz CT molecular complexity index is 2530. The van der Waals surface area contributed by atoms with Crippen molar-refractivity contribution in [2.24, 2.45) is 0 Å². The molecule has 0 spiro atoms. The zero-order valence-electron chi connectivity index (χ0n) is 25.0. The van der Waals surface area contributed by atoms with Gasteiger partial charge in [0.2, 0.25) is 0 Å². The van der Waals surface area contributed by atoms with Crippen molar-refractivity contribution in [2.45, 2.75) is 0 Å². The van der Waals surface area contributed by atoms with Gasteiger partial charge in [-0.05, 0) is 63.2 Å². The van der Waals surface area contributed by atoms with E-state index in [0.717, 1.165) is 60.9 Å². The maximum Gasteiger partial charge on any atom is 0.160 e. The fourth-order valence-corrected chi connectivity index (χ4v) is 6.80. The van der Waals surface area contributed by atoms with E-state index in [4.69, 9.17) is 4.42 Å². The highest BCUT2D eigenvalue weighted by atomic mass is 16.3. The highest BCUT2D eigenvalue weighted by molar-refractivity contribution is 6.19. The molecule has 3 heteroatoms. The van der Waals surface area contributed by atoms with Gasteiger partial charge in [0.25, 0.3) is 0 Å². The normalized spacial score (nSPS) is 11.5. The molecule has 0 unspecified atom stereocenters. The molecule has 0 N–H and O–H groups in total. The number of hydrogen-bond donors (Lipinski definition) is 0. The van der Waals surface area contributed by atoms with E-state index in [1.54, 1.807) is 6.20 Å². The van der Waals surface area contributed by atoms with Crippen molar-refractivity contribution in [1.29, 1.82) is 0 Å². The van der Waals surface area contributed by atoms with Gasteiger partial charge in [-0.2, -0.15) is 0 Å². The first-order chi connectivity index (χ1) is 22.8.